The first-order valence-corrected chi connectivity index (χ1v) is 12.0. The normalized spacial score (nSPS) is 11.5. The largest absolute Gasteiger partial charge is 0.337 e. The minimum atomic E-state index is -4.14. The van der Waals surface area contributed by atoms with Gasteiger partial charge in [-0.2, -0.15) is 8.75 Å². The molecule has 170 valence electrons. The van der Waals surface area contributed by atoms with Crippen molar-refractivity contribution >= 4 is 56.0 Å². The first-order valence-electron chi connectivity index (χ1n) is 9.39. The van der Waals surface area contributed by atoms with E-state index in [1.54, 1.807) is 6.07 Å². The molecule has 12 heteroatoms. The topological polar surface area (TPSA) is 92.3 Å². The average Bonchev–Trinajstić information content (AvgIpc) is 3.25. The number of sulfonamides is 1. The Hall–Kier alpha value is -3.15. The zero-order valence-electron chi connectivity index (χ0n) is 16.9. The Bertz CT molecular complexity index is 1480. The Morgan fingerprint density at radius 1 is 1.12 bits per heavy atom. The van der Waals surface area contributed by atoms with Crippen LogP contribution >= 0.6 is 23.3 Å². The van der Waals surface area contributed by atoms with Gasteiger partial charge in [0.15, 0.2) is 0 Å². The Labute approximate surface area is 197 Å². The number of hydrogen-bond donors (Lipinski definition) is 1. The Balaban J connectivity index is 1.66. The van der Waals surface area contributed by atoms with Crippen LogP contribution in [0.3, 0.4) is 0 Å². The SMILES string of the molecule is CN(Cc1ccc(F)cc1F)C(=O)c1cc(Cl)ccc1NS(=O)(=O)c1cccc2nsnc12. The van der Waals surface area contributed by atoms with Crippen molar-refractivity contribution in [3.05, 3.63) is 82.4 Å². The van der Waals surface area contributed by atoms with Crippen molar-refractivity contribution in [3.8, 4) is 0 Å². The van der Waals surface area contributed by atoms with E-state index < -0.39 is 27.6 Å². The molecule has 0 saturated carbocycles. The molecule has 3 aromatic carbocycles. The summed E-state index contributed by atoms with van der Waals surface area (Å²) in [6, 6.07) is 11.7. The highest BCUT2D eigenvalue weighted by Crippen LogP contribution is 2.28. The van der Waals surface area contributed by atoms with Gasteiger partial charge in [-0.25, -0.2) is 17.2 Å². The Morgan fingerprint density at radius 2 is 1.91 bits per heavy atom. The molecule has 1 amide bonds. The Morgan fingerprint density at radius 3 is 2.67 bits per heavy atom. The highest BCUT2D eigenvalue weighted by molar-refractivity contribution is 7.93. The van der Waals surface area contributed by atoms with E-state index in [0.717, 1.165) is 23.9 Å². The molecule has 4 aromatic rings. The third kappa shape index (κ3) is 4.80. The van der Waals surface area contributed by atoms with E-state index in [0.29, 0.717) is 5.52 Å². The lowest BCUT2D eigenvalue weighted by Crippen LogP contribution is -2.28. The van der Waals surface area contributed by atoms with Crippen LogP contribution in [0.2, 0.25) is 5.02 Å². The van der Waals surface area contributed by atoms with Gasteiger partial charge in [-0.1, -0.05) is 23.7 Å². The van der Waals surface area contributed by atoms with E-state index in [1.807, 2.05) is 0 Å². The third-order valence-electron chi connectivity index (χ3n) is 4.76. The number of benzene rings is 3. The quantitative estimate of drug-likeness (QED) is 0.407. The lowest BCUT2D eigenvalue weighted by atomic mass is 10.1. The summed E-state index contributed by atoms with van der Waals surface area (Å²) in [5.74, 6) is -2.15. The average molecular weight is 509 g/mol. The monoisotopic (exact) mass is 508 g/mol. The van der Waals surface area contributed by atoms with Gasteiger partial charge in [-0.15, -0.1) is 0 Å². The van der Waals surface area contributed by atoms with E-state index in [-0.39, 0.29) is 38.8 Å². The highest BCUT2D eigenvalue weighted by atomic mass is 35.5. The molecule has 0 spiro atoms. The van der Waals surface area contributed by atoms with Gasteiger partial charge in [-0.05, 0) is 36.4 Å². The minimum absolute atomic E-state index is 0.0176. The fraction of sp³-hybridized carbons (Fsp3) is 0.0952. The van der Waals surface area contributed by atoms with E-state index in [1.165, 1.54) is 48.3 Å². The maximum absolute atomic E-state index is 14.0. The molecule has 7 nitrogen and oxygen atoms in total. The molecule has 0 fully saturated rings. The molecule has 0 atom stereocenters. The van der Waals surface area contributed by atoms with E-state index in [4.69, 9.17) is 11.6 Å². The smallest absolute Gasteiger partial charge is 0.264 e. The lowest BCUT2D eigenvalue weighted by molar-refractivity contribution is 0.0785. The lowest BCUT2D eigenvalue weighted by Gasteiger charge is -2.20. The zero-order valence-corrected chi connectivity index (χ0v) is 19.3. The first kappa shape index (κ1) is 23.0. The molecule has 0 aliphatic carbocycles. The number of fused-ring (bicyclic) bond motifs is 1. The van der Waals surface area contributed by atoms with Crippen molar-refractivity contribution in [1.82, 2.24) is 13.6 Å². The van der Waals surface area contributed by atoms with Crippen molar-refractivity contribution in [3.63, 3.8) is 0 Å². The number of amides is 1. The number of hydrogen-bond acceptors (Lipinski definition) is 6. The molecule has 0 aliphatic heterocycles. The Kier molecular flexibility index (Phi) is 6.28. The predicted octanol–water partition coefficient (Wildman–Crippen LogP) is 4.70. The van der Waals surface area contributed by atoms with Crippen molar-refractivity contribution in [2.75, 3.05) is 11.8 Å². The van der Waals surface area contributed by atoms with Gasteiger partial charge in [-0.3, -0.25) is 9.52 Å². The van der Waals surface area contributed by atoms with Crippen molar-refractivity contribution in [2.45, 2.75) is 11.4 Å². The van der Waals surface area contributed by atoms with Crippen LogP contribution in [0.5, 0.6) is 0 Å². The molecule has 0 unspecified atom stereocenters. The number of rotatable bonds is 6. The fourth-order valence-corrected chi connectivity index (χ4v) is 5.18. The molecular formula is C21H15ClF2N4O3S2. The van der Waals surface area contributed by atoms with Crippen LogP contribution in [0.4, 0.5) is 14.5 Å². The van der Waals surface area contributed by atoms with Crippen LogP contribution in [0.15, 0.2) is 59.5 Å². The van der Waals surface area contributed by atoms with Crippen LogP contribution in [0, 0.1) is 11.6 Å². The van der Waals surface area contributed by atoms with E-state index in [2.05, 4.69) is 13.5 Å². The van der Waals surface area contributed by atoms with Gasteiger partial charge in [0, 0.05) is 30.2 Å². The second-order valence-electron chi connectivity index (χ2n) is 7.08. The maximum atomic E-state index is 14.0. The van der Waals surface area contributed by atoms with Crippen LogP contribution in [-0.4, -0.2) is 35.0 Å². The van der Waals surface area contributed by atoms with Gasteiger partial charge >= 0.3 is 0 Å². The predicted molar refractivity (Wildman–Crippen MR) is 122 cm³/mol. The molecular weight excluding hydrogens is 494 g/mol. The number of anilines is 1. The number of nitrogens with one attached hydrogen (secondary N) is 1. The molecule has 1 heterocycles. The zero-order chi connectivity index (χ0) is 23.8. The molecule has 1 aromatic heterocycles. The number of aromatic nitrogens is 2. The summed E-state index contributed by atoms with van der Waals surface area (Å²) in [7, 11) is -2.73. The minimum Gasteiger partial charge on any atom is -0.337 e. The van der Waals surface area contributed by atoms with Gasteiger partial charge < -0.3 is 4.90 Å². The fourth-order valence-electron chi connectivity index (χ4n) is 3.16. The second-order valence-corrected chi connectivity index (χ2v) is 9.70. The molecule has 33 heavy (non-hydrogen) atoms. The summed E-state index contributed by atoms with van der Waals surface area (Å²) in [5, 5.41) is 0.202. The third-order valence-corrected chi connectivity index (χ3v) is 6.94. The second kappa shape index (κ2) is 9.00. The molecule has 0 bridgehead atoms. The molecule has 0 saturated heterocycles. The van der Waals surface area contributed by atoms with Crippen molar-refractivity contribution < 1.29 is 22.0 Å². The van der Waals surface area contributed by atoms with Crippen molar-refractivity contribution in [1.29, 1.82) is 0 Å². The molecule has 1 N–H and O–H groups in total. The highest BCUT2D eigenvalue weighted by Gasteiger charge is 2.24. The van der Waals surface area contributed by atoms with Crippen molar-refractivity contribution in [2.24, 2.45) is 0 Å². The van der Waals surface area contributed by atoms with Crippen LogP contribution < -0.4 is 4.72 Å². The van der Waals surface area contributed by atoms with Crippen LogP contribution in [-0.2, 0) is 16.6 Å². The molecule has 0 aliphatic rings. The summed E-state index contributed by atoms with van der Waals surface area (Å²) in [4.78, 5) is 14.2. The summed E-state index contributed by atoms with van der Waals surface area (Å²) < 4.78 is 63.9. The van der Waals surface area contributed by atoms with Crippen LogP contribution in [0.25, 0.3) is 11.0 Å². The number of halogens is 3. The summed E-state index contributed by atoms with van der Waals surface area (Å²) in [5.41, 5.74) is 0.673. The summed E-state index contributed by atoms with van der Waals surface area (Å²) >= 11 is 6.94. The number of carbonyl (C=O) groups is 1. The first-order chi connectivity index (χ1) is 15.7. The maximum Gasteiger partial charge on any atom is 0.264 e. The van der Waals surface area contributed by atoms with Gasteiger partial charge in [0.05, 0.1) is 23.0 Å². The van der Waals surface area contributed by atoms with E-state index in [9.17, 15) is 22.0 Å². The summed E-state index contributed by atoms with van der Waals surface area (Å²) in [6.07, 6.45) is 0. The molecule has 0 radical (unpaired) electrons. The van der Waals surface area contributed by atoms with Gasteiger partial charge in [0.25, 0.3) is 15.9 Å². The molecule has 4 rings (SSSR count). The van der Waals surface area contributed by atoms with Gasteiger partial charge in [0.2, 0.25) is 0 Å². The number of nitrogens with zero attached hydrogens (tertiary/aromatic N) is 3. The standard InChI is InChI=1S/C21H15ClF2N4O3S2/c1-28(11-12-5-7-14(23)10-16(12)24)21(29)15-9-13(22)6-8-17(15)27-33(30,31)19-4-2-3-18-20(19)26-32-25-18/h2-10,27H,11H2,1H3. The van der Waals surface area contributed by atoms with Gasteiger partial charge in [0.1, 0.15) is 27.6 Å². The van der Waals surface area contributed by atoms with Crippen LogP contribution in [0.1, 0.15) is 15.9 Å². The van der Waals surface area contributed by atoms with E-state index >= 15 is 0 Å². The number of carbonyl (C=O) groups excluding carboxylic acids is 1. The summed E-state index contributed by atoms with van der Waals surface area (Å²) in [6.45, 7) is -0.173.